The van der Waals surface area contributed by atoms with Crippen LogP contribution in [0.2, 0.25) is 5.02 Å². The molecule has 3 aromatic rings. The van der Waals surface area contributed by atoms with Crippen LogP contribution in [0.25, 0.3) is 22.3 Å². The van der Waals surface area contributed by atoms with Gasteiger partial charge in [-0.05, 0) is 49.9 Å². The van der Waals surface area contributed by atoms with Gasteiger partial charge in [0.15, 0.2) is 13.1 Å². The van der Waals surface area contributed by atoms with Gasteiger partial charge in [-0.3, -0.25) is 4.90 Å². The van der Waals surface area contributed by atoms with Gasteiger partial charge in [0.2, 0.25) is 5.36 Å². The highest BCUT2D eigenvalue weighted by Gasteiger charge is 2.20. The van der Waals surface area contributed by atoms with Crippen LogP contribution in [0, 0.1) is 17.2 Å². The fourth-order valence-corrected chi connectivity index (χ4v) is 3.73. The molecule has 0 bridgehead atoms. The standard InChI is InChI=1S/C22H24ClN2O.ClHO4/c1-3-24-10-12-25(13-11-24)20-15-22(17-5-7-18(23)8-6-17)26-21-9-4-16(2)14-19(20)21;2-1(3,4)5/h4-9,14-15H,3,10-13H2,1-2H3;(H,2,3,4,5)/q+1;/p-1. The summed E-state index contributed by atoms with van der Waals surface area (Å²) >= 11 is 6.05. The molecule has 166 valence electrons. The lowest BCUT2D eigenvalue weighted by atomic mass is 10.1. The number of benzene rings is 2. The minimum Gasteiger partial charge on any atom is -0.456 e. The molecule has 1 fully saturated rings. The molecule has 2 aromatic carbocycles. The first-order valence-corrected chi connectivity index (χ1v) is 11.5. The van der Waals surface area contributed by atoms with Crippen LogP contribution in [0.4, 0.5) is 0 Å². The van der Waals surface area contributed by atoms with E-state index in [1.54, 1.807) is 0 Å². The van der Waals surface area contributed by atoms with E-state index in [1.807, 2.05) is 24.3 Å². The van der Waals surface area contributed by atoms with Crippen LogP contribution in [-0.2, 0) is 0 Å². The van der Waals surface area contributed by atoms with Gasteiger partial charge in [-0.25, -0.2) is 23.2 Å². The summed E-state index contributed by atoms with van der Waals surface area (Å²) < 4.78 is 42.7. The minimum absolute atomic E-state index is 0.737. The lowest BCUT2D eigenvalue weighted by Crippen LogP contribution is -2.68. The van der Waals surface area contributed by atoms with Crippen LogP contribution in [0.1, 0.15) is 12.5 Å². The maximum atomic E-state index is 8.49. The monoisotopic (exact) mass is 466 g/mol. The zero-order valence-electron chi connectivity index (χ0n) is 17.3. The number of fused-ring (bicyclic) bond motifs is 1. The Morgan fingerprint density at radius 2 is 1.61 bits per heavy atom. The van der Waals surface area contributed by atoms with Crippen molar-refractivity contribution in [1.82, 2.24) is 9.48 Å². The SMILES string of the molecule is CCN1CC[N+](=c2cc(-c3ccc(Cl)cc3)oc3ccc(C)cc23)CC1.[O-][Cl+3]([O-])([O-])[O-]. The highest BCUT2D eigenvalue weighted by Crippen LogP contribution is 2.24. The van der Waals surface area contributed by atoms with Gasteiger partial charge in [0.1, 0.15) is 11.3 Å². The molecule has 0 unspecified atom stereocenters. The predicted molar refractivity (Wildman–Crippen MR) is 109 cm³/mol. The van der Waals surface area contributed by atoms with E-state index in [0.717, 1.165) is 54.7 Å². The van der Waals surface area contributed by atoms with Gasteiger partial charge in [-0.2, -0.15) is 0 Å². The molecule has 0 aliphatic carbocycles. The predicted octanol–water partition coefficient (Wildman–Crippen LogP) is -0.587. The van der Waals surface area contributed by atoms with E-state index in [1.165, 1.54) is 16.3 Å². The van der Waals surface area contributed by atoms with Crippen molar-refractivity contribution < 1.29 is 33.3 Å². The number of nitrogens with zero attached hydrogens (tertiary/aromatic N) is 2. The molecule has 31 heavy (non-hydrogen) atoms. The van der Waals surface area contributed by atoms with Crippen molar-refractivity contribution in [3.05, 3.63) is 64.5 Å². The van der Waals surface area contributed by atoms with E-state index in [2.05, 4.69) is 47.6 Å². The van der Waals surface area contributed by atoms with Crippen molar-refractivity contribution in [3.63, 3.8) is 0 Å². The van der Waals surface area contributed by atoms with Crippen LogP contribution in [-0.4, -0.2) is 37.6 Å². The fourth-order valence-electron chi connectivity index (χ4n) is 3.61. The molecular formula is C22H24Cl2N2O5. The fraction of sp³-hybridized carbons (Fsp3) is 0.318. The van der Waals surface area contributed by atoms with E-state index in [9.17, 15) is 0 Å². The Hall–Kier alpha value is -1.97. The number of halogens is 2. The Morgan fingerprint density at radius 1 is 1.00 bits per heavy atom. The van der Waals surface area contributed by atoms with Crippen molar-refractivity contribution >= 4 is 22.6 Å². The van der Waals surface area contributed by atoms with Gasteiger partial charge < -0.3 is 4.42 Å². The average Bonchev–Trinajstić information content (AvgIpc) is 2.72. The number of aryl methyl sites for hydroxylation is 1. The van der Waals surface area contributed by atoms with Crippen LogP contribution in [0.3, 0.4) is 0 Å². The van der Waals surface area contributed by atoms with Gasteiger partial charge in [0, 0.05) is 10.6 Å². The lowest BCUT2D eigenvalue weighted by Gasteiger charge is -2.23. The van der Waals surface area contributed by atoms with E-state index in [4.69, 9.17) is 34.7 Å². The second-order valence-electron chi connectivity index (χ2n) is 7.30. The minimum atomic E-state index is -4.94. The highest BCUT2D eigenvalue weighted by atomic mass is 35.7. The van der Waals surface area contributed by atoms with E-state index in [-0.39, 0.29) is 0 Å². The molecule has 1 aliphatic heterocycles. The summed E-state index contributed by atoms with van der Waals surface area (Å²) in [5, 5.41) is 3.18. The molecule has 9 heteroatoms. The zero-order valence-corrected chi connectivity index (χ0v) is 18.9. The Bertz CT molecular complexity index is 1090. The van der Waals surface area contributed by atoms with Crippen LogP contribution in [0.15, 0.2) is 52.9 Å². The first kappa shape index (κ1) is 23.7. The number of hydrogen-bond acceptors (Lipinski definition) is 6. The third-order valence-corrected chi connectivity index (χ3v) is 5.44. The molecule has 1 aromatic heterocycles. The second-order valence-corrected chi connectivity index (χ2v) is 8.49. The number of rotatable bonds is 2. The van der Waals surface area contributed by atoms with E-state index >= 15 is 0 Å². The Kier molecular flexibility index (Phi) is 7.72. The second kappa shape index (κ2) is 10.1. The molecule has 7 nitrogen and oxygen atoms in total. The highest BCUT2D eigenvalue weighted by molar-refractivity contribution is 6.30. The van der Waals surface area contributed by atoms with Crippen molar-refractivity contribution in [1.29, 1.82) is 0 Å². The van der Waals surface area contributed by atoms with Crippen molar-refractivity contribution in [2.75, 3.05) is 32.7 Å². The Morgan fingerprint density at radius 3 is 2.19 bits per heavy atom. The smallest absolute Gasteiger partial charge is 0.214 e. The van der Waals surface area contributed by atoms with E-state index < -0.39 is 10.2 Å². The van der Waals surface area contributed by atoms with Crippen LogP contribution >= 0.6 is 11.6 Å². The normalized spacial score (nSPS) is 15.0. The summed E-state index contributed by atoms with van der Waals surface area (Å²) in [5.74, 6) is 0.881. The molecule has 0 radical (unpaired) electrons. The number of likely N-dealkylation sites (N-methyl/N-ethyl adjacent to an activating group) is 1. The number of piperazine rings is 1. The van der Waals surface area contributed by atoms with Gasteiger partial charge in [-0.15, -0.1) is 10.2 Å². The molecule has 2 heterocycles. The van der Waals surface area contributed by atoms with Gasteiger partial charge >= 0.3 is 0 Å². The molecule has 0 spiro atoms. The molecular weight excluding hydrogens is 443 g/mol. The summed E-state index contributed by atoms with van der Waals surface area (Å²) in [6.07, 6.45) is 0. The maximum Gasteiger partial charge on any atom is 0.214 e. The summed E-state index contributed by atoms with van der Waals surface area (Å²) in [6.45, 7) is 9.77. The first-order valence-electron chi connectivity index (χ1n) is 9.86. The Labute approximate surface area is 187 Å². The third kappa shape index (κ3) is 6.75. The molecule has 1 saturated heterocycles. The van der Waals surface area contributed by atoms with Crippen LogP contribution < -0.4 is 28.6 Å². The first-order chi connectivity index (χ1) is 14.6. The molecule has 0 amide bonds. The quantitative estimate of drug-likeness (QED) is 0.466. The molecule has 0 atom stereocenters. The maximum absolute atomic E-state index is 8.49. The third-order valence-electron chi connectivity index (χ3n) is 5.19. The van der Waals surface area contributed by atoms with Crippen molar-refractivity contribution in [3.8, 4) is 11.3 Å². The summed E-state index contributed by atoms with van der Waals surface area (Å²) in [6, 6.07) is 16.4. The number of hydrogen-bond donors (Lipinski definition) is 0. The largest absolute Gasteiger partial charge is 0.456 e. The van der Waals surface area contributed by atoms with Gasteiger partial charge in [0.25, 0.3) is 0 Å². The van der Waals surface area contributed by atoms with Crippen LogP contribution in [0.5, 0.6) is 0 Å². The molecule has 0 saturated carbocycles. The molecule has 0 N–H and O–H groups in total. The molecule has 4 rings (SSSR count). The lowest BCUT2D eigenvalue weighted by molar-refractivity contribution is -2.00. The molecule has 1 aliphatic rings. The topological polar surface area (TPSA) is 112 Å². The van der Waals surface area contributed by atoms with Gasteiger partial charge in [-0.1, -0.05) is 30.2 Å². The summed E-state index contributed by atoms with van der Waals surface area (Å²) in [7, 11) is -4.94. The summed E-state index contributed by atoms with van der Waals surface area (Å²) in [5.41, 5.74) is 3.22. The van der Waals surface area contributed by atoms with Crippen molar-refractivity contribution in [2.24, 2.45) is 0 Å². The Balaban J connectivity index is 0.000000491. The zero-order chi connectivity index (χ0) is 22.6. The van der Waals surface area contributed by atoms with Gasteiger partial charge in [0.05, 0.1) is 24.5 Å². The van der Waals surface area contributed by atoms with E-state index in [0.29, 0.717) is 0 Å². The average molecular weight is 467 g/mol. The van der Waals surface area contributed by atoms with Crippen molar-refractivity contribution in [2.45, 2.75) is 13.8 Å². The summed E-state index contributed by atoms with van der Waals surface area (Å²) in [4.78, 5) is 2.50.